The van der Waals surface area contributed by atoms with Crippen molar-refractivity contribution in [1.82, 2.24) is 10.6 Å². The van der Waals surface area contributed by atoms with E-state index in [4.69, 9.17) is 5.11 Å². The molecule has 0 aromatic heterocycles. The first-order valence-corrected chi connectivity index (χ1v) is 8.13. The summed E-state index contributed by atoms with van der Waals surface area (Å²) in [4.78, 5) is 33.3. The molecule has 3 N–H and O–H groups in total. The monoisotopic (exact) mass is 304 g/mol. The molecule has 0 aromatic carbocycles. The first-order valence-electron chi connectivity index (χ1n) is 6.74. The number of carbonyl (C=O) groups is 3. The Balaban J connectivity index is 3.64. The standard InChI is InChI=1S/C13H24N2O4S/c1-10(9-12(17)18)8-11(16)15-13(19)14-6-4-3-5-7-20-2/h10H,3-9H2,1-2H3,(H,17,18)(H2,14,15,16,19). The van der Waals surface area contributed by atoms with Gasteiger partial charge in [0.25, 0.3) is 0 Å². The van der Waals surface area contributed by atoms with Gasteiger partial charge >= 0.3 is 12.0 Å². The highest BCUT2D eigenvalue weighted by molar-refractivity contribution is 7.98. The lowest BCUT2D eigenvalue weighted by molar-refractivity contribution is -0.138. The summed E-state index contributed by atoms with van der Waals surface area (Å²) in [5, 5.41) is 13.4. The minimum absolute atomic E-state index is 0.0352. The third kappa shape index (κ3) is 11.8. The van der Waals surface area contributed by atoms with Gasteiger partial charge in [-0.25, -0.2) is 4.79 Å². The second kappa shape index (κ2) is 11.6. The number of hydrogen-bond donors (Lipinski definition) is 3. The van der Waals surface area contributed by atoms with Crippen LogP contribution < -0.4 is 10.6 Å². The molecule has 0 aliphatic carbocycles. The number of aliphatic carboxylic acids is 1. The molecule has 1 atom stereocenters. The number of amides is 3. The van der Waals surface area contributed by atoms with Gasteiger partial charge < -0.3 is 10.4 Å². The van der Waals surface area contributed by atoms with Crippen LogP contribution in [-0.2, 0) is 9.59 Å². The number of imide groups is 1. The molecule has 0 aliphatic heterocycles. The van der Waals surface area contributed by atoms with Crippen molar-refractivity contribution in [3.63, 3.8) is 0 Å². The first-order chi connectivity index (χ1) is 9.45. The number of unbranched alkanes of at least 4 members (excludes halogenated alkanes) is 2. The summed E-state index contributed by atoms with van der Waals surface area (Å²) >= 11 is 1.80. The van der Waals surface area contributed by atoms with Crippen molar-refractivity contribution < 1.29 is 19.5 Å². The van der Waals surface area contributed by atoms with Crippen LogP contribution in [0.2, 0.25) is 0 Å². The minimum Gasteiger partial charge on any atom is -0.481 e. The van der Waals surface area contributed by atoms with E-state index >= 15 is 0 Å². The highest BCUT2D eigenvalue weighted by Gasteiger charge is 2.14. The van der Waals surface area contributed by atoms with Crippen molar-refractivity contribution in [2.45, 2.75) is 39.0 Å². The fourth-order valence-corrected chi connectivity index (χ4v) is 2.15. The Hall–Kier alpha value is -1.24. The predicted molar refractivity (Wildman–Crippen MR) is 79.8 cm³/mol. The second-order valence-corrected chi connectivity index (χ2v) is 5.75. The molecule has 7 heteroatoms. The van der Waals surface area contributed by atoms with Crippen LogP contribution >= 0.6 is 11.8 Å². The number of rotatable bonds is 10. The molecule has 0 heterocycles. The highest BCUT2D eigenvalue weighted by atomic mass is 32.2. The summed E-state index contributed by atoms with van der Waals surface area (Å²) in [6, 6.07) is -0.512. The Labute approximate surface area is 124 Å². The van der Waals surface area contributed by atoms with E-state index in [9.17, 15) is 14.4 Å². The Kier molecular flexibility index (Phi) is 10.9. The molecule has 20 heavy (non-hydrogen) atoms. The Morgan fingerprint density at radius 1 is 1.15 bits per heavy atom. The SMILES string of the molecule is CSCCCCCNC(=O)NC(=O)CC(C)CC(=O)O. The Bertz CT molecular complexity index is 323. The molecule has 0 radical (unpaired) electrons. The largest absolute Gasteiger partial charge is 0.481 e. The number of nitrogens with one attached hydrogen (secondary N) is 2. The lowest BCUT2D eigenvalue weighted by Crippen LogP contribution is -2.40. The smallest absolute Gasteiger partial charge is 0.321 e. The first kappa shape index (κ1) is 18.8. The van der Waals surface area contributed by atoms with E-state index in [0.29, 0.717) is 6.54 Å². The zero-order valence-electron chi connectivity index (χ0n) is 12.1. The number of hydrogen-bond acceptors (Lipinski definition) is 4. The van der Waals surface area contributed by atoms with Gasteiger partial charge in [0.2, 0.25) is 5.91 Å². The molecule has 0 aliphatic rings. The Morgan fingerprint density at radius 3 is 2.45 bits per heavy atom. The average molecular weight is 304 g/mol. The van der Waals surface area contributed by atoms with E-state index in [1.165, 1.54) is 0 Å². The lowest BCUT2D eigenvalue weighted by Gasteiger charge is -2.09. The van der Waals surface area contributed by atoms with Crippen LogP contribution in [0.25, 0.3) is 0 Å². The van der Waals surface area contributed by atoms with Crippen molar-refractivity contribution in [2.24, 2.45) is 5.92 Å². The third-order valence-electron chi connectivity index (χ3n) is 2.62. The van der Waals surface area contributed by atoms with Crippen LogP contribution in [-0.4, -0.2) is 41.6 Å². The summed E-state index contributed by atoms with van der Waals surface area (Å²) in [6.45, 7) is 2.20. The van der Waals surface area contributed by atoms with Gasteiger partial charge in [-0.1, -0.05) is 13.3 Å². The third-order valence-corrected chi connectivity index (χ3v) is 3.32. The van der Waals surface area contributed by atoms with Crippen LogP contribution in [0.4, 0.5) is 4.79 Å². The summed E-state index contributed by atoms with van der Waals surface area (Å²) in [5.41, 5.74) is 0. The molecule has 0 aromatic rings. The second-order valence-electron chi connectivity index (χ2n) is 4.76. The van der Waals surface area contributed by atoms with Crippen molar-refractivity contribution in [2.75, 3.05) is 18.6 Å². The van der Waals surface area contributed by atoms with E-state index in [-0.39, 0.29) is 18.8 Å². The quantitative estimate of drug-likeness (QED) is 0.535. The molecule has 0 saturated heterocycles. The van der Waals surface area contributed by atoms with E-state index in [2.05, 4.69) is 16.9 Å². The molecule has 116 valence electrons. The molecule has 0 saturated carbocycles. The normalized spacial score (nSPS) is 11.7. The maximum Gasteiger partial charge on any atom is 0.321 e. The fourth-order valence-electron chi connectivity index (χ4n) is 1.66. The predicted octanol–water partition coefficient (Wildman–Crippen LogP) is 1.85. The number of carboxylic acids is 1. The number of thioether (sulfide) groups is 1. The molecular formula is C13H24N2O4S. The van der Waals surface area contributed by atoms with Crippen molar-refractivity contribution >= 4 is 29.7 Å². The molecule has 0 spiro atoms. The van der Waals surface area contributed by atoms with E-state index in [1.54, 1.807) is 18.7 Å². The van der Waals surface area contributed by atoms with Gasteiger partial charge in [-0.3, -0.25) is 14.9 Å². The van der Waals surface area contributed by atoms with Crippen LogP contribution in [0.15, 0.2) is 0 Å². The molecular weight excluding hydrogens is 280 g/mol. The molecule has 0 rings (SSSR count). The van der Waals surface area contributed by atoms with Crippen LogP contribution in [0, 0.1) is 5.92 Å². The molecule has 0 bridgehead atoms. The van der Waals surface area contributed by atoms with Gasteiger partial charge in [0, 0.05) is 19.4 Å². The van der Waals surface area contributed by atoms with Gasteiger partial charge in [0.05, 0.1) is 0 Å². The van der Waals surface area contributed by atoms with Crippen LogP contribution in [0.5, 0.6) is 0 Å². The maximum absolute atomic E-state index is 11.5. The zero-order valence-corrected chi connectivity index (χ0v) is 12.9. The summed E-state index contributed by atoms with van der Waals surface area (Å²) in [6.07, 6.45) is 5.07. The van der Waals surface area contributed by atoms with Gasteiger partial charge in [-0.15, -0.1) is 0 Å². The molecule has 6 nitrogen and oxygen atoms in total. The summed E-state index contributed by atoms with van der Waals surface area (Å²) in [7, 11) is 0. The minimum atomic E-state index is -0.944. The van der Waals surface area contributed by atoms with Gasteiger partial charge in [-0.05, 0) is 30.8 Å². The van der Waals surface area contributed by atoms with Gasteiger partial charge in [-0.2, -0.15) is 11.8 Å². The lowest BCUT2D eigenvalue weighted by atomic mass is 10.0. The van der Waals surface area contributed by atoms with Crippen molar-refractivity contribution in [3.05, 3.63) is 0 Å². The van der Waals surface area contributed by atoms with Gasteiger partial charge in [0.1, 0.15) is 0 Å². The Morgan fingerprint density at radius 2 is 1.85 bits per heavy atom. The molecule has 0 fully saturated rings. The van der Waals surface area contributed by atoms with Crippen LogP contribution in [0.1, 0.15) is 39.0 Å². The summed E-state index contributed by atoms with van der Waals surface area (Å²) < 4.78 is 0. The summed E-state index contributed by atoms with van der Waals surface area (Å²) in [5.74, 6) is -0.558. The van der Waals surface area contributed by atoms with E-state index < -0.39 is 17.9 Å². The highest BCUT2D eigenvalue weighted by Crippen LogP contribution is 2.06. The number of carboxylic acid groups (broad SMARTS) is 1. The molecule has 3 amide bonds. The van der Waals surface area contributed by atoms with E-state index in [0.717, 1.165) is 25.0 Å². The van der Waals surface area contributed by atoms with Crippen molar-refractivity contribution in [3.8, 4) is 0 Å². The number of carbonyl (C=O) groups excluding carboxylic acids is 2. The average Bonchev–Trinajstić information content (AvgIpc) is 2.32. The fraction of sp³-hybridized carbons (Fsp3) is 0.769. The van der Waals surface area contributed by atoms with Gasteiger partial charge in [0.15, 0.2) is 0 Å². The van der Waals surface area contributed by atoms with E-state index in [1.807, 2.05) is 0 Å². The topological polar surface area (TPSA) is 95.5 Å². The van der Waals surface area contributed by atoms with Crippen molar-refractivity contribution in [1.29, 1.82) is 0 Å². The zero-order chi connectivity index (χ0) is 15.4. The molecule has 1 unspecified atom stereocenters. The maximum atomic E-state index is 11.5. The number of urea groups is 1. The van der Waals surface area contributed by atoms with Crippen LogP contribution in [0.3, 0.4) is 0 Å².